The molecule has 0 spiro atoms. The summed E-state index contributed by atoms with van der Waals surface area (Å²) in [5.74, 6) is 0. The van der Waals surface area contributed by atoms with Crippen LogP contribution < -0.4 is 24.8 Å². The minimum atomic E-state index is 0. The molecule has 1 fully saturated rings. The standard InChI is InChI=1S/C21H17.2ClH.Zr/c1-21(2)19-11-10-17(20(19)21)16-9-5-8-15-14-7-4-3-6-13(14)12-18(15)16;;;/h3-9H,10,12H2,1-2H3;2*1H;/q-1;;;+3/p-2. The summed E-state index contributed by atoms with van der Waals surface area (Å²) < 4.78 is 0. The average molecular weight is 431 g/mol. The Labute approximate surface area is 175 Å². The minimum Gasteiger partial charge on any atom is -1.00 e. The fourth-order valence-corrected chi connectivity index (χ4v) is 4.24. The molecule has 2 aromatic rings. The van der Waals surface area contributed by atoms with E-state index in [4.69, 9.17) is 0 Å². The second-order valence-corrected chi connectivity index (χ2v) is 6.87. The zero-order chi connectivity index (χ0) is 14.2. The fraction of sp³-hybridized carbons (Fsp3) is 0.238. The molecule has 0 heterocycles. The van der Waals surface area contributed by atoms with Crippen molar-refractivity contribution < 1.29 is 51.0 Å². The van der Waals surface area contributed by atoms with E-state index in [0.717, 1.165) is 12.8 Å². The van der Waals surface area contributed by atoms with Crippen LogP contribution in [0.4, 0.5) is 0 Å². The molecule has 5 rings (SSSR count). The summed E-state index contributed by atoms with van der Waals surface area (Å²) in [6, 6.07) is 15.6. The largest absolute Gasteiger partial charge is 3.00 e. The molecule has 3 heteroatoms. The molecule has 0 bridgehead atoms. The molecule has 0 aliphatic heterocycles. The van der Waals surface area contributed by atoms with Crippen LogP contribution in [0.3, 0.4) is 0 Å². The second kappa shape index (κ2) is 6.60. The summed E-state index contributed by atoms with van der Waals surface area (Å²) in [6.07, 6.45) is 5.67. The minimum absolute atomic E-state index is 0. The average Bonchev–Trinajstić information content (AvgIpc) is 2.91. The molecule has 0 saturated heterocycles. The van der Waals surface area contributed by atoms with Gasteiger partial charge in [0.05, 0.1) is 0 Å². The molecule has 0 nitrogen and oxygen atoms in total. The van der Waals surface area contributed by atoms with Gasteiger partial charge < -0.3 is 24.8 Å². The molecular weight excluding hydrogens is 414 g/mol. The Morgan fingerprint density at radius 1 is 0.875 bits per heavy atom. The van der Waals surface area contributed by atoms with Crippen molar-refractivity contribution in [3.63, 3.8) is 0 Å². The molecule has 0 unspecified atom stereocenters. The molecule has 1 radical (unpaired) electrons. The summed E-state index contributed by atoms with van der Waals surface area (Å²) >= 11 is 0. The van der Waals surface area contributed by atoms with Crippen LogP contribution in [0.25, 0.3) is 16.7 Å². The fourth-order valence-electron chi connectivity index (χ4n) is 4.24. The smallest absolute Gasteiger partial charge is 1.00 e. The van der Waals surface area contributed by atoms with Gasteiger partial charge in [0.25, 0.3) is 0 Å². The first-order valence-electron chi connectivity index (χ1n) is 7.74. The first kappa shape index (κ1) is 19.7. The van der Waals surface area contributed by atoms with Gasteiger partial charge in [0.1, 0.15) is 0 Å². The van der Waals surface area contributed by atoms with Crippen LogP contribution in [0.2, 0.25) is 0 Å². The van der Waals surface area contributed by atoms with Gasteiger partial charge in [0.15, 0.2) is 0 Å². The summed E-state index contributed by atoms with van der Waals surface area (Å²) in [4.78, 5) is 0. The zero-order valence-electron chi connectivity index (χ0n) is 13.7. The summed E-state index contributed by atoms with van der Waals surface area (Å²) in [7, 11) is 0. The van der Waals surface area contributed by atoms with Crippen molar-refractivity contribution in [2.24, 2.45) is 5.41 Å². The van der Waals surface area contributed by atoms with Crippen LogP contribution in [0.15, 0.2) is 53.6 Å². The van der Waals surface area contributed by atoms with Crippen LogP contribution in [-0.4, -0.2) is 0 Å². The first-order valence-corrected chi connectivity index (χ1v) is 7.74. The number of halogens is 2. The predicted molar refractivity (Wildman–Crippen MR) is 86.8 cm³/mol. The number of allylic oxidation sites excluding steroid dienone is 4. The van der Waals surface area contributed by atoms with Gasteiger partial charge in [-0.05, 0) is 34.2 Å². The normalized spacial score (nSPS) is 17.5. The Bertz CT molecular complexity index is 875. The monoisotopic (exact) mass is 429 g/mol. The number of hydrogen-bond acceptors (Lipinski definition) is 0. The molecule has 0 aromatic heterocycles. The Balaban J connectivity index is 0.000000694. The van der Waals surface area contributed by atoms with Gasteiger partial charge in [-0.25, -0.2) is 5.57 Å². The summed E-state index contributed by atoms with van der Waals surface area (Å²) in [5.41, 5.74) is 12.1. The van der Waals surface area contributed by atoms with Gasteiger partial charge in [0.2, 0.25) is 0 Å². The van der Waals surface area contributed by atoms with Crippen molar-refractivity contribution in [1.82, 2.24) is 0 Å². The maximum absolute atomic E-state index is 3.59. The van der Waals surface area contributed by atoms with Gasteiger partial charge >= 0.3 is 26.2 Å². The van der Waals surface area contributed by atoms with Crippen molar-refractivity contribution in [3.05, 3.63) is 76.4 Å². The SMILES string of the molecule is CC1(C)C2=[C-]CC(c3cccc4c3Cc3ccccc3-4)=C21.[Cl-].[Cl-].[Zr+3]. The number of fused-ring (bicyclic) bond motifs is 4. The van der Waals surface area contributed by atoms with Crippen molar-refractivity contribution >= 4 is 5.57 Å². The maximum atomic E-state index is 3.59. The molecule has 24 heavy (non-hydrogen) atoms. The third-order valence-corrected chi connectivity index (χ3v) is 5.36. The maximum Gasteiger partial charge on any atom is 3.00 e. The van der Waals surface area contributed by atoms with E-state index in [1.165, 1.54) is 39.0 Å². The Morgan fingerprint density at radius 3 is 2.25 bits per heavy atom. The van der Waals surface area contributed by atoms with Crippen LogP contribution in [-0.2, 0) is 32.6 Å². The van der Waals surface area contributed by atoms with Gasteiger partial charge in [0, 0.05) is 0 Å². The zero-order valence-corrected chi connectivity index (χ0v) is 17.7. The van der Waals surface area contributed by atoms with Gasteiger partial charge in [-0.2, -0.15) is 5.57 Å². The summed E-state index contributed by atoms with van der Waals surface area (Å²) in [6.45, 7) is 4.64. The Kier molecular flexibility index (Phi) is 5.42. The van der Waals surface area contributed by atoms with E-state index in [1.807, 2.05) is 0 Å². The van der Waals surface area contributed by atoms with E-state index in [0.29, 0.717) is 0 Å². The van der Waals surface area contributed by atoms with Crippen molar-refractivity contribution in [3.8, 4) is 11.1 Å². The molecule has 0 atom stereocenters. The van der Waals surface area contributed by atoms with Crippen LogP contribution >= 0.6 is 0 Å². The number of rotatable bonds is 1. The van der Waals surface area contributed by atoms with Crippen molar-refractivity contribution in [2.45, 2.75) is 26.7 Å². The molecule has 0 N–H and O–H groups in total. The third-order valence-electron chi connectivity index (χ3n) is 5.36. The van der Waals surface area contributed by atoms with Gasteiger partial charge in [-0.15, -0.1) is 12.0 Å². The predicted octanol–water partition coefficient (Wildman–Crippen LogP) is -0.810. The topological polar surface area (TPSA) is 0 Å². The van der Waals surface area contributed by atoms with E-state index in [2.05, 4.69) is 62.4 Å². The van der Waals surface area contributed by atoms with Crippen molar-refractivity contribution in [2.75, 3.05) is 0 Å². The van der Waals surface area contributed by atoms with Crippen LogP contribution in [0.1, 0.15) is 37.0 Å². The quantitative estimate of drug-likeness (QED) is 0.443. The molecule has 0 amide bonds. The molecule has 2 aromatic carbocycles. The van der Waals surface area contributed by atoms with Gasteiger partial charge in [-0.1, -0.05) is 61.7 Å². The van der Waals surface area contributed by atoms with Crippen LogP contribution in [0.5, 0.6) is 0 Å². The first-order chi connectivity index (χ1) is 10.2. The third kappa shape index (κ3) is 2.52. The molecule has 3 aliphatic rings. The van der Waals surface area contributed by atoms with E-state index in [9.17, 15) is 0 Å². The van der Waals surface area contributed by atoms with Gasteiger partial charge in [-0.3, -0.25) is 6.08 Å². The molecule has 119 valence electrons. The molecule has 1 saturated carbocycles. The number of hydrogen-bond donors (Lipinski definition) is 0. The second-order valence-electron chi connectivity index (χ2n) is 6.87. The molecular formula is C21H17Cl2Zr. The van der Waals surface area contributed by atoms with Crippen molar-refractivity contribution in [1.29, 1.82) is 0 Å². The van der Waals surface area contributed by atoms with E-state index < -0.39 is 0 Å². The number of benzene rings is 2. The van der Waals surface area contributed by atoms with Crippen LogP contribution in [0, 0.1) is 11.5 Å². The van der Waals surface area contributed by atoms with E-state index in [-0.39, 0.29) is 56.4 Å². The molecule has 3 aliphatic carbocycles. The van der Waals surface area contributed by atoms with E-state index in [1.54, 1.807) is 5.57 Å². The Hall–Kier alpha value is -0.617. The summed E-state index contributed by atoms with van der Waals surface area (Å²) in [5, 5.41) is 0. The van der Waals surface area contributed by atoms with E-state index >= 15 is 0 Å². The Morgan fingerprint density at radius 2 is 1.54 bits per heavy atom.